The Bertz CT molecular complexity index is 169. The molecule has 0 saturated carbocycles. The first kappa shape index (κ1) is 11.5. The topological polar surface area (TPSA) is 29.3 Å². The third-order valence-electron chi connectivity index (χ3n) is 2.87. The van der Waals surface area contributed by atoms with Crippen molar-refractivity contribution in [3.05, 3.63) is 0 Å². The Morgan fingerprint density at radius 3 is 2.33 bits per heavy atom. The molecule has 2 atom stereocenters. The SMILES string of the molecule is C#CCC(N)C(C)(CC)N(C)C. The van der Waals surface area contributed by atoms with Crippen LogP contribution in [0.5, 0.6) is 0 Å². The van der Waals surface area contributed by atoms with Gasteiger partial charge in [-0.15, -0.1) is 12.3 Å². The van der Waals surface area contributed by atoms with Crippen molar-refractivity contribution in [2.24, 2.45) is 5.73 Å². The Labute approximate surface area is 76.1 Å². The van der Waals surface area contributed by atoms with E-state index in [-0.39, 0.29) is 11.6 Å². The summed E-state index contributed by atoms with van der Waals surface area (Å²) in [6, 6.07) is 0.0579. The van der Waals surface area contributed by atoms with Gasteiger partial charge in [0.15, 0.2) is 0 Å². The van der Waals surface area contributed by atoms with Gasteiger partial charge < -0.3 is 10.6 Å². The fourth-order valence-electron chi connectivity index (χ4n) is 1.26. The molecule has 0 aromatic rings. The van der Waals surface area contributed by atoms with Gasteiger partial charge in [0.05, 0.1) is 0 Å². The number of hydrogen-bond donors (Lipinski definition) is 1. The van der Waals surface area contributed by atoms with Crippen LogP contribution in [0.15, 0.2) is 0 Å². The summed E-state index contributed by atoms with van der Waals surface area (Å²) in [5.74, 6) is 2.61. The monoisotopic (exact) mass is 168 g/mol. The van der Waals surface area contributed by atoms with Crippen LogP contribution in [0.25, 0.3) is 0 Å². The number of likely N-dealkylation sites (N-methyl/N-ethyl adjacent to an activating group) is 1. The predicted octanol–water partition coefficient (Wildman–Crippen LogP) is 1.07. The van der Waals surface area contributed by atoms with Crippen molar-refractivity contribution in [3.63, 3.8) is 0 Å². The van der Waals surface area contributed by atoms with Gasteiger partial charge >= 0.3 is 0 Å². The van der Waals surface area contributed by atoms with Crippen LogP contribution in [-0.4, -0.2) is 30.6 Å². The molecule has 0 saturated heterocycles. The first-order valence-electron chi connectivity index (χ1n) is 4.35. The van der Waals surface area contributed by atoms with Gasteiger partial charge in [0, 0.05) is 18.0 Å². The number of nitrogens with two attached hydrogens (primary N) is 1. The molecule has 0 rings (SSSR count). The standard InChI is InChI=1S/C10H20N2/c1-6-8-9(11)10(3,7-2)12(4)5/h1,9H,7-8,11H2,2-5H3. The summed E-state index contributed by atoms with van der Waals surface area (Å²) in [6.45, 7) is 4.28. The first-order chi connectivity index (χ1) is 5.49. The van der Waals surface area contributed by atoms with E-state index in [1.807, 2.05) is 14.1 Å². The largest absolute Gasteiger partial charge is 0.325 e. The Morgan fingerprint density at radius 2 is 2.08 bits per heavy atom. The quantitative estimate of drug-likeness (QED) is 0.636. The van der Waals surface area contributed by atoms with Crippen LogP contribution in [0, 0.1) is 12.3 Å². The van der Waals surface area contributed by atoms with Crippen LogP contribution in [-0.2, 0) is 0 Å². The lowest BCUT2D eigenvalue weighted by Gasteiger charge is -2.40. The molecule has 2 nitrogen and oxygen atoms in total. The van der Waals surface area contributed by atoms with E-state index in [9.17, 15) is 0 Å². The molecule has 0 fully saturated rings. The van der Waals surface area contributed by atoms with Crippen LogP contribution in [0.4, 0.5) is 0 Å². The third kappa shape index (κ3) is 2.23. The normalized spacial score (nSPS) is 18.4. The van der Waals surface area contributed by atoms with Gasteiger partial charge in [-0.3, -0.25) is 0 Å². The van der Waals surface area contributed by atoms with Crippen LogP contribution < -0.4 is 5.73 Å². The molecule has 0 spiro atoms. The molecule has 0 radical (unpaired) electrons. The molecule has 0 aliphatic carbocycles. The highest BCUT2D eigenvalue weighted by Gasteiger charge is 2.31. The Kier molecular flexibility index (Phi) is 4.30. The number of hydrogen-bond acceptors (Lipinski definition) is 2. The third-order valence-corrected chi connectivity index (χ3v) is 2.87. The number of nitrogens with zero attached hydrogens (tertiary/aromatic N) is 1. The van der Waals surface area contributed by atoms with E-state index in [4.69, 9.17) is 12.2 Å². The zero-order valence-electron chi connectivity index (χ0n) is 8.59. The lowest BCUT2D eigenvalue weighted by molar-refractivity contribution is 0.133. The number of rotatable bonds is 4. The summed E-state index contributed by atoms with van der Waals surface area (Å²) in [6.07, 6.45) is 6.89. The van der Waals surface area contributed by atoms with Gasteiger partial charge in [-0.05, 0) is 27.4 Å². The van der Waals surface area contributed by atoms with E-state index in [1.54, 1.807) is 0 Å². The lowest BCUT2D eigenvalue weighted by atomic mass is 9.87. The summed E-state index contributed by atoms with van der Waals surface area (Å²) in [5, 5.41) is 0. The minimum atomic E-state index is 0.0202. The second-order valence-corrected chi connectivity index (χ2v) is 3.62. The fourth-order valence-corrected chi connectivity index (χ4v) is 1.26. The maximum absolute atomic E-state index is 5.99. The highest BCUT2D eigenvalue weighted by atomic mass is 15.2. The molecule has 2 N–H and O–H groups in total. The molecule has 12 heavy (non-hydrogen) atoms. The molecular weight excluding hydrogens is 148 g/mol. The Balaban J connectivity index is 4.42. The molecule has 0 amide bonds. The summed E-state index contributed by atoms with van der Waals surface area (Å²) in [4.78, 5) is 2.15. The molecule has 0 heterocycles. The van der Waals surface area contributed by atoms with E-state index in [0.717, 1.165) is 6.42 Å². The first-order valence-corrected chi connectivity index (χ1v) is 4.35. The summed E-state index contributed by atoms with van der Waals surface area (Å²) in [7, 11) is 4.08. The molecule has 0 aromatic carbocycles. The zero-order chi connectivity index (χ0) is 9.78. The smallest absolute Gasteiger partial charge is 0.0333 e. The van der Waals surface area contributed by atoms with Crippen LogP contribution >= 0.6 is 0 Å². The molecular formula is C10H20N2. The Hall–Kier alpha value is -0.520. The fraction of sp³-hybridized carbons (Fsp3) is 0.800. The van der Waals surface area contributed by atoms with E-state index in [2.05, 4.69) is 24.7 Å². The van der Waals surface area contributed by atoms with Crippen LogP contribution in [0.3, 0.4) is 0 Å². The molecule has 0 bridgehead atoms. The van der Waals surface area contributed by atoms with Gasteiger partial charge in [-0.1, -0.05) is 6.92 Å². The van der Waals surface area contributed by atoms with Gasteiger partial charge in [0.1, 0.15) is 0 Å². The second-order valence-electron chi connectivity index (χ2n) is 3.62. The minimum absolute atomic E-state index is 0.0202. The van der Waals surface area contributed by atoms with Gasteiger partial charge in [-0.25, -0.2) is 0 Å². The predicted molar refractivity (Wildman–Crippen MR) is 53.8 cm³/mol. The average molecular weight is 168 g/mol. The van der Waals surface area contributed by atoms with Crippen molar-refractivity contribution >= 4 is 0 Å². The molecule has 0 aromatic heterocycles. The van der Waals surface area contributed by atoms with E-state index in [1.165, 1.54) is 0 Å². The van der Waals surface area contributed by atoms with Gasteiger partial charge in [0.25, 0.3) is 0 Å². The van der Waals surface area contributed by atoms with E-state index >= 15 is 0 Å². The van der Waals surface area contributed by atoms with Crippen molar-refractivity contribution in [1.82, 2.24) is 4.90 Å². The summed E-state index contributed by atoms with van der Waals surface area (Å²) >= 11 is 0. The zero-order valence-corrected chi connectivity index (χ0v) is 8.59. The molecule has 2 unspecified atom stereocenters. The lowest BCUT2D eigenvalue weighted by Crippen LogP contribution is -2.54. The van der Waals surface area contributed by atoms with Crippen molar-refractivity contribution in [3.8, 4) is 12.3 Å². The summed E-state index contributed by atoms with van der Waals surface area (Å²) < 4.78 is 0. The Morgan fingerprint density at radius 1 is 1.58 bits per heavy atom. The van der Waals surface area contributed by atoms with Crippen molar-refractivity contribution in [1.29, 1.82) is 0 Å². The molecule has 2 heteroatoms. The van der Waals surface area contributed by atoms with Crippen LogP contribution in [0.2, 0.25) is 0 Å². The van der Waals surface area contributed by atoms with Crippen molar-refractivity contribution in [2.75, 3.05) is 14.1 Å². The second kappa shape index (κ2) is 4.49. The van der Waals surface area contributed by atoms with Crippen molar-refractivity contribution < 1.29 is 0 Å². The highest BCUT2D eigenvalue weighted by molar-refractivity contribution is 4.99. The van der Waals surface area contributed by atoms with E-state index in [0.29, 0.717) is 6.42 Å². The maximum Gasteiger partial charge on any atom is 0.0333 e. The van der Waals surface area contributed by atoms with Crippen LogP contribution in [0.1, 0.15) is 26.7 Å². The average Bonchev–Trinajstić information content (AvgIpc) is 2.03. The van der Waals surface area contributed by atoms with E-state index < -0.39 is 0 Å². The summed E-state index contributed by atoms with van der Waals surface area (Å²) in [5.41, 5.74) is 6.01. The van der Waals surface area contributed by atoms with Crippen molar-refractivity contribution in [2.45, 2.75) is 38.3 Å². The molecule has 0 aliphatic heterocycles. The van der Waals surface area contributed by atoms with Gasteiger partial charge in [-0.2, -0.15) is 0 Å². The maximum atomic E-state index is 5.99. The highest BCUT2D eigenvalue weighted by Crippen LogP contribution is 2.20. The number of terminal acetylenes is 1. The molecule has 0 aliphatic rings. The molecule has 70 valence electrons. The minimum Gasteiger partial charge on any atom is -0.325 e. The van der Waals surface area contributed by atoms with Gasteiger partial charge in [0.2, 0.25) is 0 Å².